The maximum atomic E-state index is 12.5. The van der Waals surface area contributed by atoms with E-state index in [1.807, 2.05) is 11.9 Å². The van der Waals surface area contributed by atoms with Crippen LogP contribution in [-0.4, -0.2) is 49.8 Å². The van der Waals surface area contributed by atoms with Crippen molar-refractivity contribution >= 4 is 28.4 Å². The molecule has 1 saturated heterocycles. The zero-order valence-electron chi connectivity index (χ0n) is 13.9. The molecule has 1 heterocycles. The number of fused-ring (bicyclic) bond motifs is 1. The van der Waals surface area contributed by atoms with E-state index in [0.29, 0.717) is 11.8 Å². The Labute approximate surface area is 142 Å². The Balaban J connectivity index is 1.57. The number of benzene rings is 2. The first kappa shape index (κ1) is 16.3. The second kappa shape index (κ2) is 7.37. The number of hydrogen-bond acceptors (Lipinski definition) is 2. The summed E-state index contributed by atoms with van der Waals surface area (Å²) in [6, 6.07) is 15.2. The number of rotatable bonds is 4. The van der Waals surface area contributed by atoms with Crippen molar-refractivity contribution in [3.8, 4) is 0 Å². The molecule has 1 aliphatic rings. The van der Waals surface area contributed by atoms with Gasteiger partial charge in [0.1, 0.15) is 0 Å². The highest BCUT2D eigenvalue weighted by Gasteiger charge is 2.25. The molecule has 23 heavy (non-hydrogen) atoms. The average molecular weight is 329 g/mol. The van der Waals surface area contributed by atoms with E-state index in [2.05, 4.69) is 49.5 Å². The number of quaternary nitrogens is 1. The van der Waals surface area contributed by atoms with Crippen molar-refractivity contribution in [2.75, 3.05) is 32.9 Å². The van der Waals surface area contributed by atoms with Crippen LogP contribution >= 0.6 is 11.8 Å². The second-order valence-electron chi connectivity index (χ2n) is 6.49. The van der Waals surface area contributed by atoms with Gasteiger partial charge in [0.25, 0.3) is 0 Å². The van der Waals surface area contributed by atoms with E-state index in [4.69, 9.17) is 0 Å². The predicted octanol–water partition coefficient (Wildman–Crippen LogP) is 2.07. The quantitative estimate of drug-likeness (QED) is 0.869. The van der Waals surface area contributed by atoms with Crippen LogP contribution in [0.2, 0.25) is 0 Å². The number of likely N-dealkylation sites (tertiary alicyclic amines) is 1. The number of nitrogens with zero attached hydrogens (tertiary/aromatic N) is 1. The Morgan fingerprint density at radius 2 is 1.87 bits per heavy atom. The van der Waals surface area contributed by atoms with Crippen molar-refractivity contribution in [1.82, 2.24) is 4.90 Å². The third-order valence-electron chi connectivity index (χ3n) is 4.83. The smallest absolute Gasteiger partial charge is 0.232 e. The Morgan fingerprint density at radius 1 is 1.17 bits per heavy atom. The first-order valence-corrected chi connectivity index (χ1v) is 9.30. The maximum absolute atomic E-state index is 12.5. The van der Waals surface area contributed by atoms with Gasteiger partial charge in [-0.1, -0.05) is 30.3 Å². The summed E-state index contributed by atoms with van der Waals surface area (Å²) < 4.78 is 0. The monoisotopic (exact) mass is 329 g/mol. The normalized spacial score (nSPS) is 21.3. The van der Waals surface area contributed by atoms with Gasteiger partial charge in [-0.2, -0.15) is 0 Å². The number of carbonyl (C=O) groups excluding carboxylic acids is 1. The van der Waals surface area contributed by atoms with Crippen molar-refractivity contribution in [3.63, 3.8) is 0 Å². The zero-order chi connectivity index (χ0) is 16.2. The molecule has 3 nitrogen and oxygen atoms in total. The molecule has 0 atom stereocenters. The lowest BCUT2D eigenvalue weighted by molar-refractivity contribution is -0.885. The number of nitrogens with one attached hydrogen (secondary N) is 1. The summed E-state index contributed by atoms with van der Waals surface area (Å²) in [5, 5.41) is 2.48. The van der Waals surface area contributed by atoms with E-state index in [1.165, 1.54) is 28.8 Å². The summed E-state index contributed by atoms with van der Waals surface area (Å²) in [6.07, 6.45) is 2.24. The highest BCUT2D eigenvalue weighted by molar-refractivity contribution is 8.00. The minimum absolute atomic E-state index is 0.243. The van der Waals surface area contributed by atoms with Gasteiger partial charge in [0, 0.05) is 30.8 Å². The van der Waals surface area contributed by atoms with E-state index >= 15 is 0 Å². The van der Waals surface area contributed by atoms with Crippen LogP contribution in [0.5, 0.6) is 0 Å². The Hall–Kier alpha value is -1.52. The molecule has 0 saturated carbocycles. The van der Waals surface area contributed by atoms with Gasteiger partial charge in [0.05, 0.1) is 25.9 Å². The molecule has 0 unspecified atom stereocenters. The maximum Gasteiger partial charge on any atom is 0.232 e. The Bertz CT molecular complexity index is 680. The zero-order valence-corrected chi connectivity index (χ0v) is 14.7. The second-order valence-corrected chi connectivity index (χ2v) is 7.54. The van der Waals surface area contributed by atoms with Crippen molar-refractivity contribution in [3.05, 3.63) is 42.5 Å². The fraction of sp³-hybridized carbons (Fsp3) is 0.421. The lowest BCUT2D eigenvalue weighted by Crippen LogP contribution is -3.10. The molecule has 0 bridgehead atoms. The SMILES string of the molecule is CN(C(=O)CSc1ccc2ccccc2c1)C1CC[NH+](C)CC1. The van der Waals surface area contributed by atoms with Crippen molar-refractivity contribution in [2.45, 2.75) is 23.8 Å². The minimum atomic E-state index is 0.243. The molecule has 1 aliphatic heterocycles. The number of carbonyl (C=O) groups is 1. The lowest BCUT2D eigenvalue weighted by atomic mass is 10.0. The Morgan fingerprint density at radius 3 is 2.61 bits per heavy atom. The first-order valence-electron chi connectivity index (χ1n) is 8.32. The van der Waals surface area contributed by atoms with Gasteiger partial charge in [-0.3, -0.25) is 4.79 Å². The largest absolute Gasteiger partial charge is 0.342 e. The fourth-order valence-corrected chi connectivity index (χ4v) is 4.06. The van der Waals surface area contributed by atoms with Crippen LogP contribution in [0.15, 0.2) is 47.4 Å². The topological polar surface area (TPSA) is 24.8 Å². The standard InChI is InChI=1S/C19H24N2OS/c1-20-11-9-17(10-12-20)21(2)19(22)14-23-18-8-7-15-5-3-4-6-16(15)13-18/h3-8,13,17H,9-12,14H2,1-2H3/p+1. The predicted molar refractivity (Wildman–Crippen MR) is 97.1 cm³/mol. The molecule has 1 N–H and O–H groups in total. The summed E-state index contributed by atoms with van der Waals surface area (Å²) in [5.74, 6) is 0.765. The van der Waals surface area contributed by atoms with Crippen LogP contribution in [0.25, 0.3) is 10.8 Å². The lowest BCUT2D eigenvalue weighted by Gasteiger charge is -2.33. The molecule has 1 fully saturated rings. The summed E-state index contributed by atoms with van der Waals surface area (Å²) >= 11 is 1.64. The third-order valence-corrected chi connectivity index (χ3v) is 5.81. The van der Waals surface area contributed by atoms with Crippen molar-refractivity contribution in [1.29, 1.82) is 0 Å². The number of hydrogen-bond donors (Lipinski definition) is 1. The Kier molecular flexibility index (Phi) is 5.23. The van der Waals surface area contributed by atoms with Gasteiger partial charge < -0.3 is 9.80 Å². The molecular weight excluding hydrogens is 304 g/mol. The highest BCUT2D eigenvalue weighted by atomic mass is 32.2. The van der Waals surface area contributed by atoms with Gasteiger partial charge in [0.2, 0.25) is 5.91 Å². The van der Waals surface area contributed by atoms with Crippen LogP contribution in [0.4, 0.5) is 0 Å². The van der Waals surface area contributed by atoms with Crippen LogP contribution in [0.3, 0.4) is 0 Å². The van der Waals surface area contributed by atoms with E-state index in [-0.39, 0.29) is 5.91 Å². The molecule has 2 aromatic carbocycles. The van der Waals surface area contributed by atoms with E-state index in [0.717, 1.165) is 12.8 Å². The molecule has 1 amide bonds. The van der Waals surface area contributed by atoms with Crippen LogP contribution < -0.4 is 4.90 Å². The van der Waals surface area contributed by atoms with Gasteiger partial charge in [-0.05, 0) is 22.9 Å². The number of piperidine rings is 1. The van der Waals surface area contributed by atoms with Crippen LogP contribution in [0, 0.1) is 0 Å². The summed E-state index contributed by atoms with van der Waals surface area (Å²) in [5.41, 5.74) is 0. The first-order chi connectivity index (χ1) is 11.1. The minimum Gasteiger partial charge on any atom is -0.342 e. The van der Waals surface area contributed by atoms with Crippen LogP contribution in [-0.2, 0) is 4.79 Å². The van der Waals surface area contributed by atoms with Crippen LogP contribution in [0.1, 0.15) is 12.8 Å². The summed E-state index contributed by atoms with van der Waals surface area (Å²) in [6.45, 7) is 2.33. The summed E-state index contributed by atoms with van der Waals surface area (Å²) in [7, 11) is 4.20. The highest BCUT2D eigenvalue weighted by Crippen LogP contribution is 2.24. The van der Waals surface area contributed by atoms with Gasteiger partial charge in [0.15, 0.2) is 0 Å². The molecule has 0 radical (unpaired) electrons. The molecule has 3 rings (SSSR count). The van der Waals surface area contributed by atoms with E-state index in [9.17, 15) is 4.79 Å². The van der Waals surface area contributed by atoms with Crippen molar-refractivity contribution < 1.29 is 9.69 Å². The van der Waals surface area contributed by atoms with E-state index in [1.54, 1.807) is 16.7 Å². The van der Waals surface area contributed by atoms with E-state index < -0.39 is 0 Å². The fourth-order valence-electron chi connectivity index (χ4n) is 3.19. The molecule has 2 aromatic rings. The molecule has 4 heteroatoms. The summed E-state index contributed by atoms with van der Waals surface area (Å²) in [4.78, 5) is 17.2. The number of thioether (sulfide) groups is 1. The van der Waals surface area contributed by atoms with Gasteiger partial charge >= 0.3 is 0 Å². The third kappa shape index (κ3) is 4.06. The van der Waals surface area contributed by atoms with Gasteiger partial charge in [-0.25, -0.2) is 0 Å². The molecule has 0 aromatic heterocycles. The van der Waals surface area contributed by atoms with Crippen molar-refractivity contribution in [2.24, 2.45) is 0 Å². The average Bonchev–Trinajstić information content (AvgIpc) is 2.59. The molecular formula is C19H25N2OS+. The molecule has 0 aliphatic carbocycles. The van der Waals surface area contributed by atoms with Gasteiger partial charge in [-0.15, -0.1) is 11.8 Å². The molecule has 0 spiro atoms. The number of amides is 1. The molecule has 122 valence electrons.